The molecule has 0 aromatic rings. The first kappa shape index (κ1) is 21.2. The third-order valence-electron chi connectivity index (χ3n) is 3.80. The predicted molar refractivity (Wildman–Crippen MR) is 102 cm³/mol. The molecular weight excluding hydrogens is 344 g/mol. The van der Waals surface area contributed by atoms with Gasteiger partial charge in [0, 0.05) is 12.2 Å². The van der Waals surface area contributed by atoms with Crippen LogP contribution < -0.4 is 0 Å². The molecule has 1 aliphatic rings. The highest BCUT2D eigenvalue weighted by Crippen LogP contribution is 2.49. The number of hydrogen-bond acceptors (Lipinski definition) is 6. The average molecular weight is 373 g/mol. The van der Waals surface area contributed by atoms with E-state index in [1.807, 2.05) is 12.2 Å². The topological polar surface area (TPSA) is 52.6 Å². The SMILES string of the molecule is COC(=O)/C=C/CCCCC1(CC/C=C/C(=O)OC)SCCCS1. The first-order valence-electron chi connectivity index (χ1n) is 8.39. The molecule has 136 valence electrons. The number of methoxy groups -OCH3 is 2. The monoisotopic (exact) mass is 372 g/mol. The Balaban J connectivity index is 2.35. The summed E-state index contributed by atoms with van der Waals surface area (Å²) >= 11 is 4.14. The van der Waals surface area contributed by atoms with Gasteiger partial charge in [-0.1, -0.05) is 18.6 Å². The van der Waals surface area contributed by atoms with E-state index in [1.165, 1.54) is 50.7 Å². The maximum absolute atomic E-state index is 11.1. The summed E-state index contributed by atoms with van der Waals surface area (Å²) < 4.78 is 9.46. The van der Waals surface area contributed by atoms with E-state index in [-0.39, 0.29) is 16.0 Å². The molecule has 0 aliphatic carbocycles. The highest BCUT2D eigenvalue weighted by molar-refractivity contribution is 8.18. The summed E-state index contributed by atoms with van der Waals surface area (Å²) in [5.74, 6) is 1.86. The number of rotatable bonds is 10. The second-order valence-electron chi connectivity index (χ2n) is 5.60. The van der Waals surface area contributed by atoms with Crippen molar-refractivity contribution in [3.05, 3.63) is 24.3 Å². The number of allylic oxidation sites excluding steroid dienone is 2. The first-order valence-corrected chi connectivity index (χ1v) is 10.4. The third kappa shape index (κ3) is 8.83. The van der Waals surface area contributed by atoms with Gasteiger partial charge in [0.2, 0.25) is 0 Å². The number of carbonyl (C=O) groups is 2. The molecule has 0 atom stereocenters. The summed E-state index contributed by atoms with van der Waals surface area (Å²) in [7, 11) is 2.79. The van der Waals surface area contributed by atoms with Crippen LogP contribution in [-0.2, 0) is 19.1 Å². The van der Waals surface area contributed by atoms with E-state index in [1.54, 1.807) is 0 Å². The van der Waals surface area contributed by atoms with Gasteiger partial charge in [0.25, 0.3) is 0 Å². The summed E-state index contributed by atoms with van der Waals surface area (Å²) in [6.07, 6.45) is 14.4. The van der Waals surface area contributed by atoms with Gasteiger partial charge < -0.3 is 9.47 Å². The standard InChI is InChI=1S/C18H28O4S2/c1-21-16(19)10-5-3-4-7-12-18(23-14-9-15-24-18)13-8-6-11-17(20)22-2/h5-6,10-11H,3-4,7-9,12-15H2,1-2H3/b10-5+,11-6+. The molecule has 0 aromatic carbocycles. The zero-order valence-electron chi connectivity index (χ0n) is 14.6. The molecule has 0 bridgehead atoms. The Kier molecular flexibility index (Phi) is 11.0. The van der Waals surface area contributed by atoms with Gasteiger partial charge in [-0.2, -0.15) is 0 Å². The van der Waals surface area contributed by atoms with Crippen molar-refractivity contribution in [1.82, 2.24) is 0 Å². The molecule has 1 heterocycles. The van der Waals surface area contributed by atoms with Crippen molar-refractivity contribution >= 4 is 35.5 Å². The number of ether oxygens (including phenoxy) is 2. The summed E-state index contributed by atoms with van der Waals surface area (Å²) in [5.41, 5.74) is 0. The zero-order valence-corrected chi connectivity index (χ0v) is 16.3. The van der Waals surface area contributed by atoms with Crippen LogP contribution in [0, 0.1) is 0 Å². The van der Waals surface area contributed by atoms with Crippen LogP contribution >= 0.6 is 23.5 Å². The Labute approximate surface area is 153 Å². The molecular formula is C18H28O4S2. The summed E-state index contributed by atoms with van der Waals surface area (Å²) in [4.78, 5) is 22.1. The number of hydrogen-bond donors (Lipinski definition) is 0. The molecule has 1 aliphatic heterocycles. The molecule has 0 radical (unpaired) electrons. The molecule has 6 heteroatoms. The van der Waals surface area contributed by atoms with Crippen molar-refractivity contribution < 1.29 is 19.1 Å². The van der Waals surface area contributed by atoms with Crippen LogP contribution in [0.3, 0.4) is 0 Å². The van der Waals surface area contributed by atoms with Crippen molar-refractivity contribution in [3.8, 4) is 0 Å². The van der Waals surface area contributed by atoms with Crippen LogP contribution in [0.5, 0.6) is 0 Å². The predicted octanol–water partition coefficient (Wildman–Crippen LogP) is 4.35. The van der Waals surface area contributed by atoms with Crippen LogP contribution in [0.4, 0.5) is 0 Å². The van der Waals surface area contributed by atoms with Crippen molar-refractivity contribution in [2.75, 3.05) is 25.7 Å². The van der Waals surface area contributed by atoms with E-state index in [9.17, 15) is 9.59 Å². The Bertz CT molecular complexity index is 440. The molecule has 24 heavy (non-hydrogen) atoms. The highest BCUT2D eigenvalue weighted by Gasteiger charge is 2.32. The third-order valence-corrected chi connectivity index (χ3v) is 7.36. The fourth-order valence-corrected chi connectivity index (χ4v) is 5.92. The van der Waals surface area contributed by atoms with Gasteiger partial charge in [0.05, 0.1) is 18.3 Å². The average Bonchev–Trinajstić information content (AvgIpc) is 2.62. The molecule has 0 aromatic heterocycles. The van der Waals surface area contributed by atoms with Crippen LogP contribution in [0.2, 0.25) is 0 Å². The van der Waals surface area contributed by atoms with Gasteiger partial charge in [0.1, 0.15) is 0 Å². The maximum atomic E-state index is 11.1. The van der Waals surface area contributed by atoms with E-state index in [4.69, 9.17) is 0 Å². The number of carbonyl (C=O) groups excluding carboxylic acids is 2. The molecule has 0 N–H and O–H groups in total. The van der Waals surface area contributed by atoms with Gasteiger partial charge >= 0.3 is 11.9 Å². The molecule has 0 saturated carbocycles. The molecule has 1 fully saturated rings. The quantitative estimate of drug-likeness (QED) is 0.323. The smallest absolute Gasteiger partial charge is 0.330 e. The Morgan fingerprint density at radius 3 is 2.08 bits per heavy atom. The highest BCUT2D eigenvalue weighted by atomic mass is 32.2. The molecule has 0 unspecified atom stereocenters. The Hall–Kier alpha value is -0.880. The zero-order chi connectivity index (χ0) is 17.7. The maximum Gasteiger partial charge on any atom is 0.330 e. The van der Waals surface area contributed by atoms with Gasteiger partial charge in [-0.15, -0.1) is 23.5 Å². The van der Waals surface area contributed by atoms with E-state index in [0.717, 1.165) is 32.1 Å². The Morgan fingerprint density at radius 2 is 1.50 bits per heavy atom. The summed E-state index contributed by atoms with van der Waals surface area (Å²) in [6.45, 7) is 0. The lowest BCUT2D eigenvalue weighted by molar-refractivity contribution is -0.135. The number of unbranched alkanes of at least 4 members (excludes halogenated alkanes) is 2. The van der Waals surface area contributed by atoms with Gasteiger partial charge in [-0.3, -0.25) is 0 Å². The largest absolute Gasteiger partial charge is 0.466 e. The lowest BCUT2D eigenvalue weighted by Gasteiger charge is -2.36. The van der Waals surface area contributed by atoms with Crippen LogP contribution in [0.15, 0.2) is 24.3 Å². The minimum Gasteiger partial charge on any atom is -0.466 e. The van der Waals surface area contributed by atoms with E-state index in [2.05, 4.69) is 33.0 Å². The van der Waals surface area contributed by atoms with E-state index < -0.39 is 0 Å². The van der Waals surface area contributed by atoms with Crippen molar-refractivity contribution in [3.63, 3.8) is 0 Å². The van der Waals surface area contributed by atoms with Crippen molar-refractivity contribution in [1.29, 1.82) is 0 Å². The second-order valence-corrected chi connectivity index (χ2v) is 8.81. The number of esters is 2. The lowest BCUT2D eigenvalue weighted by atomic mass is 10.1. The molecule has 0 spiro atoms. The van der Waals surface area contributed by atoms with Gasteiger partial charge in [0.15, 0.2) is 0 Å². The molecule has 1 saturated heterocycles. The van der Waals surface area contributed by atoms with Crippen LogP contribution in [-0.4, -0.2) is 41.7 Å². The van der Waals surface area contributed by atoms with E-state index in [0.29, 0.717) is 0 Å². The van der Waals surface area contributed by atoms with Crippen molar-refractivity contribution in [2.45, 2.75) is 49.0 Å². The molecule has 0 amide bonds. The first-order chi connectivity index (χ1) is 11.6. The molecule has 1 rings (SSSR count). The van der Waals surface area contributed by atoms with Gasteiger partial charge in [-0.05, 0) is 50.0 Å². The van der Waals surface area contributed by atoms with Crippen molar-refractivity contribution in [2.24, 2.45) is 0 Å². The lowest BCUT2D eigenvalue weighted by Crippen LogP contribution is -2.25. The summed E-state index contributed by atoms with van der Waals surface area (Å²) in [5, 5.41) is 0. The second kappa shape index (κ2) is 12.5. The fourth-order valence-electron chi connectivity index (χ4n) is 2.49. The molecule has 4 nitrogen and oxygen atoms in total. The van der Waals surface area contributed by atoms with Crippen LogP contribution in [0.1, 0.15) is 44.9 Å². The Morgan fingerprint density at radius 1 is 0.917 bits per heavy atom. The number of thioether (sulfide) groups is 2. The van der Waals surface area contributed by atoms with Crippen LogP contribution in [0.25, 0.3) is 0 Å². The van der Waals surface area contributed by atoms with Gasteiger partial charge in [-0.25, -0.2) is 9.59 Å². The fraction of sp³-hybridized carbons (Fsp3) is 0.667. The van der Waals surface area contributed by atoms with E-state index >= 15 is 0 Å². The summed E-state index contributed by atoms with van der Waals surface area (Å²) in [6, 6.07) is 0. The normalized spacial score (nSPS) is 17.2. The minimum atomic E-state index is -0.290. The minimum absolute atomic E-state index is 0.269.